The van der Waals surface area contributed by atoms with Gasteiger partial charge in [0.05, 0.1) is 11.5 Å². The molecule has 140 valence electrons. The smallest absolute Gasteiger partial charge is 0.262 e. The fourth-order valence-electron chi connectivity index (χ4n) is 3.07. The number of ether oxygens (including phenoxy) is 1. The average Bonchev–Trinajstić information content (AvgIpc) is 2.64. The van der Waals surface area contributed by atoms with Crippen molar-refractivity contribution in [3.8, 4) is 5.75 Å². The lowest BCUT2D eigenvalue weighted by molar-refractivity contribution is 0.209. The van der Waals surface area contributed by atoms with Gasteiger partial charge in [0.25, 0.3) is 10.0 Å². The number of sulfonamides is 1. The minimum atomic E-state index is -4.10. The van der Waals surface area contributed by atoms with Crippen LogP contribution in [0.15, 0.2) is 47.4 Å². The SMILES string of the molecule is O=S(=O)(Nc1c(F)cccc1F)c1ccc(OCC2CCCCC2)cc1. The Morgan fingerprint density at radius 1 is 0.962 bits per heavy atom. The highest BCUT2D eigenvalue weighted by Gasteiger charge is 2.19. The summed E-state index contributed by atoms with van der Waals surface area (Å²) in [5.74, 6) is -0.827. The van der Waals surface area contributed by atoms with Gasteiger partial charge in [0.1, 0.15) is 23.1 Å². The van der Waals surface area contributed by atoms with Crippen molar-refractivity contribution >= 4 is 15.7 Å². The second-order valence-electron chi connectivity index (χ2n) is 6.49. The van der Waals surface area contributed by atoms with Gasteiger partial charge in [0.15, 0.2) is 0 Å². The van der Waals surface area contributed by atoms with E-state index in [0.717, 1.165) is 25.0 Å². The first-order chi connectivity index (χ1) is 12.5. The normalized spacial score (nSPS) is 15.6. The summed E-state index contributed by atoms with van der Waals surface area (Å²) in [6, 6.07) is 8.96. The molecule has 2 aromatic carbocycles. The van der Waals surface area contributed by atoms with Gasteiger partial charge < -0.3 is 4.74 Å². The molecule has 0 heterocycles. The molecule has 0 radical (unpaired) electrons. The van der Waals surface area contributed by atoms with Gasteiger partial charge in [-0.05, 0) is 55.2 Å². The monoisotopic (exact) mass is 381 g/mol. The van der Waals surface area contributed by atoms with Crippen LogP contribution in [0.3, 0.4) is 0 Å². The van der Waals surface area contributed by atoms with Crippen molar-refractivity contribution < 1.29 is 21.9 Å². The second kappa shape index (κ2) is 8.03. The van der Waals surface area contributed by atoms with E-state index in [-0.39, 0.29) is 4.90 Å². The van der Waals surface area contributed by atoms with Crippen LogP contribution in [-0.4, -0.2) is 15.0 Å². The third kappa shape index (κ3) is 4.52. The van der Waals surface area contributed by atoms with E-state index in [2.05, 4.69) is 0 Å². The Morgan fingerprint density at radius 2 is 1.58 bits per heavy atom. The number of halogens is 2. The molecule has 4 nitrogen and oxygen atoms in total. The molecule has 1 fully saturated rings. The maximum absolute atomic E-state index is 13.7. The minimum absolute atomic E-state index is 0.0924. The predicted octanol–water partition coefficient (Wildman–Crippen LogP) is 4.72. The highest BCUT2D eigenvalue weighted by molar-refractivity contribution is 7.92. The number of hydrogen-bond donors (Lipinski definition) is 1. The van der Waals surface area contributed by atoms with Crippen molar-refractivity contribution in [2.75, 3.05) is 11.3 Å². The van der Waals surface area contributed by atoms with Crippen molar-refractivity contribution in [3.63, 3.8) is 0 Å². The summed E-state index contributed by atoms with van der Waals surface area (Å²) < 4.78 is 59.7. The molecular formula is C19H21F2NO3S. The largest absolute Gasteiger partial charge is 0.493 e. The third-order valence-corrected chi connectivity index (χ3v) is 5.91. The Morgan fingerprint density at radius 3 is 2.19 bits per heavy atom. The van der Waals surface area contributed by atoms with E-state index in [1.54, 1.807) is 12.1 Å². The van der Waals surface area contributed by atoms with Gasteiger partial charge in [0, 0.05) is 0 Å². The molecule has 1 N–H and O–H groups in total. The minimum Gasteiger partial charge on any atom is -0.493 e. The highest BCUT2D eigenvalue weighted by Crippen LogP contribution is 2.26. The zero-order valence-electron chi connectivity index (χ0n) is 14.3. The summed E-state index contributed by atoms with van der Waals surface area (Å²) in [5.41, 5.74) is -0.690. The zero-order valence-corrected chi connectivity index (χ0v) is 15.1. The summed E-state index contributed by atoms with van der Waals surface area (Å²) >= 11 is 0. The van der Waals surface area contributed by atoms with Crippen LogP contribution in [0.1, 0.15) is 32.1 Å². The van der Waals surface area contributed by atoms with Gasteiger partial charge in [-0.2, -0.15) is 0 Å². The van der Waals surface area contributed by atoms with Crippen LogP contribution in [0, 0.1) is 17.6 Å². The molecular weight excluding hydrogens is 360 g/mol. The summed E-state index contributed by atoms with van der Waals surface area (Å²) in [4.78, 5) is -0.0924. The number of para-hydroxylation sites is 1. The maximum atomic E-state index is 13.7. The molecule has 0 aromatic heterocycles. The standard InChI is InChI=1S/C19H21F2NO3S/c20-17-7-4-8-18(21)19(17)22-26(23,24)16-11-9-15(10-12-16)25-13-14-5-2-1-3-6-14/h4,7-12,14,22H,1-3,5-6,13H2. The Hall–Kier alpha value is -2.15. The first-order valence-corrected chi connectivity index (χ1v) is 10.1. The van der Waals surface area contributed by atoms with E-state index < -0.39 is 27.3 Å². The van der Waals surface area contributed by atoms with Crippen molar-refractivity contribution in [2.45, 2.75) is 37.0 Å². The molecule has 3 rings (SSSR count). The van der Waals surface area contributed by atoms with Crippen LogP contribution in [0.4, 0.5) is 14.5 Å². The average molecular weight is 381 g/mol. The Balaban J connectivity index is 1.66. The summed E-state index contributed by atoms with van der Waals surface area (Å²) in [5, 5.41) is 0. The van der Waals surface area contributed by atoms with E-state index in [1.807, 2.05) is 4.72 Å². The molecule has 0 aliphatic heterocycles. The third-order valence-electron chi connectivity index (χ3n) is 4.54. The molecule has 2 aromatic rings. The summed E-state index contributed by atoms with van der Waals surface area (Å²) in [7, 11) is -4.10. The summed E-state index contributed by atoms with van der Waals surface area (Å²) in [6.07, 6.45) is 6.04. The van der Waals surface area contributed by atoms with Gasteiger partial charge in [-0.25, -0.2) is 17.2 Å². The molecule has 26 heavy (non-hydrogen) atoms. The number of rotatable bonds is 6. The fourth-order valence-corrected chi connectivity index (χ4v) is 4.15. The Bertz CT molecular complexity index is 827. The zero-order chi connectivity index (χ0) is 18.6. The van der Waals surface area contributed by atoms with Crippen LogP contribution in [0.5, 0.6) is 5.75 Å². The summed E-state index contributed by atoms with van der Waals surface area (Å²) in [6.45, 7) is 0.616. The van der Waals surface area contributed by atoms with Crippen LogP contribution in [-0.2, 0) is 10.0 Å². The van der Waals surface area contributed by atoms with Crippen molar-refractivity contribution in [2.24, 2.45) is 5.92 Å². The van der Waals surface area contributed by atoms with Gasteiger partial charge >= 0.3 is 0 Å². The number of benzene rings is 2. The van der Waals surface area contributed by atoms with Crippen LogP contribution in [0.25, 0.3) is 0 Å². The van der Waals surface area contributed by atoms with Crippen LogP contribution >= 0.6 is 0 Å². The van der Waals surface area contributed by atoms with E-state index >= 15 is 0 Å². The van der Waals surface area contributed by atoms with E-state index in [1.165, 1.54) is 37.5 Å². The molecule has 1 aliphatic carbocycles. The topological polar surface area (TPSA) is 55.4 Å². The Labute approximate surface area is 152 Å². The van der Waals surface area contributed by atoms with Crippen LogP contribution in [0.2, 0.25) is 0 Å². The van der Waals surface area contributed by atoms with Crippen LogP contribution < -0.4 is 9.46 Å². The number of hydrogen-bond acceptors (Lipinski definition) is 3. The van der Waals surface area contributed by atoms with Gasteiger partial charge in [-0.3, -0.25) is 4.72 Å². The fraction of sp³-hybridized carbons (Fsp3) is 0.368. The molecule has 0 amide bonds. The first-order valence-electron chi connectivity index (χ1n) is 8.65. The molecule has 0 unspecified atom stereocenters. The maximum Gasteiger partial charge on any atom is 0.262 e. The highest BCUT2D eigenvalue weighted by atomic mass is 32.2. The predicted molar refractivity (Wildman–Crippen MR) is 95.7 cm³/mol. The van der Waals surface area contributed by atoms with Crippen molar-refractivity contribution in [1.82, 2.24) is 0 Å². The first kappa shape index (κ1) is 18.6. The number of anilines is 1. The lowest BCUT2D eigenvalue weighted by atomic mass is 9.90. The molecule has 0 spiro atoms. The molecule has 1 aliphatic rings. The molecule has 0 atom stereocenters. The second-order valence-corrected chi connectivity index (χ2v) is 8.17. The van der Waals surface area contributed by atoms with Gasteiger partial charge in [-0.1, -0.05) is 25.3 Å². The molecule has 1 saturated carbocycles. The van der Waals surface area contributed by atoms with E-state index in [0.29, 0.717) is 18.3 Å². The Kier molecular flexibility index (Phi) is 5.76. The lowest BCUT2D eigenvalue weighted by Crippen LogP contribution is -2.16. The van der Waals surface area contributed by atoms with Crippen molar-refractivity contribution in [1.29, 1.82) is 0 Å². The van der Waals surface area contributed by atoms with Crippen molar-refractivity contribution in [3.05, 3.63) is 54.1 Å². The van der Waals surface area contributed by atoms with E-state index in [9.17, 15) is 17.2 Å². The van der Waals surface area contributed by atoms with Gasteiger partial charge in [-0.15, -0.1) is 0 Å². The lowest BCUT2D eigenvalue weighted by Gasteiger charge is -2.21. The van der Waals surface area contributed by atoms with E-state index in [4.69, 9.17) is 4.74 Å². The quantitative estimate of drug-likeness (QED) is 0.787. The van der Waals surface area contributed by atoms with Gasteiger partial charge in [0.2, 0.25) is 0 Å². The molecule has 0 bridgehead atoms. The number of nitrogens with one attached hydrogen (secondary N) is 1. The molecule has 7 heteroatoms. The molecule has 0 saturated heterocycles.